The molecule has 1 atom stereocenters. The fourth-order valence-corrected chi connectivity index (χ4v) is 2.34. The SMILES string of the molecule is C=CCC1=NCC[N+]1(CCOCC(=O)O)CCC(=O)O. The van der Waals surface area contributed by atoms with Gasteiger partial charge in [0.1, 0.15) is 19.7 Å². The molecule has 7 nitrogen and oxygen atoms in total. The van der Waals surface area contributed by atoms with Crippen molar-refractivity contribution in [3.8, 4) is 0 Å². The van der Waals surface area contributed by atoms with E-state index in [1.165, 1.54) is 0 Å². The van der Waals surface area contributed by atoms with Gasteiger partial charge in [-0.1, -0.05) is 6.08 Å². The number of amidine groups is 1. The van der Waals surface area contributed by atoms with Crippen LogP contribution in [0, 0.1) is 0 Å². The Labute approximate surface area is 117 Å². The highest BCUT2D eigenvalue weighted by Gasteiger charge is 2.37. The summed E-state index contributed by atoms with van der Waals surface area (Å²) in [6, 6.07) is 0. The van der Waals surface area contributed by atoms with Gasteiger partial charge >= 0.3 is 11.9 Å². The van der Waals surface area contributed by atoms with E-state index in [1.807, 2.05) is 0 Å². The van der Waals surface area contributed by atoms with E-state index in [0.29, 0.717) is 30.5 Å². The van der Waals surface area contributed by atoms with Gasteiger partial charge in [-0.2, -0.15) is 0 Å². The summed E-state index contributed by atoms with van der Waals surface area (Å²) in [6.07, 6.45) is 2.41. The maximum atomic E-state index is 10.8. The number of aliphatic carboxylic acids is 2. The van der Waals surface area contributed by atoms with Crippen LogP contribution in [0.25, 0.3) is 0 Å². The standard InChI is InChI=1S/C13H20N2O5/c1-2-3-11-14-5-7-15(11,6-4-12(16)17)8-9-20-10-13(18)19/h2H,1,3-10H2,(H-,16,17,18,19)/p+1. The molecule has 0 aromatic rings. The summed E-state index contributed by atoms with van der Waals surface area (Å²) in [7, 11) is 0. The van der Waals surface area contributed by atoms with Crippen LogP contribution in [0.1, 0.15) is 12.8 Å². The first kappa shape index (κ1) is 16.3. The molecule has 0 bridgehead atoms. The smallest absolute Gasteiger partial charge is 0.329 e. The number of aliphatic imine (C=N–C) groups is 1. The molecule has 0 amide bonds. The van der Waals surface area contributed by atoms with Crippen molar-refractivity contribution in [2.45, 2.75) is 12.8 Å². The molecule has 2 N–H and O–H groups in total. The number of nitrogens with zero attached hydrogens (tertiary/aromatic N) is 2. The summed E-state index contributed by atoms with van der Waals surface area (Å²) >= 11 is 0. The van der Waals surface area contributed by atoms with E-state index in [9.17, 15) is 9.59 Å². The number of ether oxygens (including phenoxy) is 1. The van der Waals surface area contributed by atoms with Gasteiger partial charge in [0.2, 0.25) is 5.84 Å². The Kier molecular flexibility index (Phi) is 6.33. The molecular weight excluding hydrogens is 264 g/mol. The Morgan fingerprint density at radius 2 is 2.10 bits per heavy atom. The Morgan fingerprint density at radius 1 is 1.35 bits per heavy atom. The summed E-state index contributed by atoms with van der Waals surface area (Å²) in [6.45, 7) is 5.98. The summed E-state index contributed by atoms with van der Waals surface area (Å²) in [4.78, 5) is 25.6. The summed E-state index contributed by atoms with van der Waals surface area (Å²) in [5.74, 6) is -0.956. The van der Waals surface area contributed by atoms with Gasteiger partial charge in [-0.25, -0.2) is 9.79 Å². The molecule has 0 spiro atoms. The molecule has 20 heavy (non-hydrogen) atoms. The van der Waals surface area contributed by atoms with Crippen molar-refractivity contribution in [1.82, 2.24) is 0 Å². The third kappa shape index (κ3) is 4.75. The van der Waals surface area contributed by atoms with E-state index in [-0.39, 0.29) is 19.6 Å². The number of rotatable bonds is 10. The highest BCUT2D eigenvalue weighted by atomic mass is 16.5. The average molecular weight is 285 g/mol. The van der Waals surface area contributed by atoms with Crippen molar-refractivity contribution in [3.63, 3.8) is 0 Å². The van der Waals surface area contributed by atoms with Gasteiger partial charge in [0.15, 0.2) is 0 Å². The molecule has 0 aliphatic carbocycles. The molecule has 0 aromatic carbocycles. The third-order valence-corrected chi connectivity index (χ3v) is 3.34. The molecular formula is C13H21N2O5+. The van der Waals surface area contributed by atoms with Crippen LogP contribution in [-0.4, -0.2) is 71.9 Å². The van der Waals surface area contributed by atoms with Gasteiger partial charge in [-0.05, 0) is 0 Å². The van der Waals surface area contributed by atoms with E-state index >= 15 is 0 Å². The topological polar surface area (TPSA) is 96.2 Å². The van der Waals surface area contributed by atoms with E-state index < -0.39 is 11.9 Å². The minimum absolute atomic E-state index is 0.0507. The van der Waals surface area contributed by atoms with Crippen LogP contribution in [0.2, 0.25) is 0 Å². The van der Waals surface area contributed by atoms with Crippen molar-refractivity contribution in [2.75, 3.05) is 39.4 Å². The Hall–Kier alpha value is -1.73. The molecule has 0 fully saturated rings. The van der Waals surface area contributed by atoms with Crippen LogP contribution in [0.4, 0.5) is 0 Å². The quantitative estimate of drug-likeness (QED) is 0.343. The zero-order valence-electron chi connectivity index (χ0n) is 11.5. The lowest BCUT2D eigenvalue weighted by Crippen LogP contribution is -2.53. The van der Waals surface area contributed by atoms with Crippen LogP contribution in [0.5, 0.6) is 0 Å². The molecule has 112 valence electrons. The van der Waals surface area contributed by atoms with Crippen LogP contribution >= 0.6 is 0 Å². The monoisotopic (exact) mass is 285 g/mol. The van der Waals surface area contributed by atoms with Crippen molar-refractivity contribution in [1.29, 1.82) is 0 Å². The van der Waals surface area contributed by atoms with Gasteiger partial charge in [0.05, 0.1) is 32.5 Å². The van der Waals surface area contributed by atoms with E-state index in [0.717, 1.165) is 12.4 Å². The third-order valence-electron chi connectivity index (χ3n) is 3.34. The first-order valence-electron chi connectivity index (χ1n) is 6.52. The second-order valence-electron chi connectivity index (χ2n) is 4.70. The zero-order valence-corrected chi connectivity index (χ0v) is 11.5. The first-order valence-corrected chi connectivity index (χ1v) is 6.52. The molecule has 1 unspecified atom stereocenters. The Morgan fingerprint density at radius 3 is 2.70 bits per heavy atom. The highest BCUT2D eigenvalue weighted by Crippen LogP contribution is 2.19. The van der Waals surface area contributed by atoms with Gasteiger partial charge in [0, 0.05) is 0 Å². The van der Waals surface area contributed by atoms with Crippen molar-refractivity contribution in [2.24, 2.45) is 4.99 Å². The Bertz CT molecular complexity index is 408. The molecule has 1 heterocycles. The molecule has 0 radical (unpaired) electrons. The predicted octanol–water partition coefficient (Wildman–Crippen LogP) is 0.367. The lowest BCUT2D eigenvalue weighted by molar-refractivity contribution is -0.836. The Balaban J connectivity index is 2.64. The number of carboxylic acid groups (broad SMARTS) is 2. The summed E-state index contributed by atoms with van der Waals surface area (Å²) < 4.78 is 5.53. The van der Waals surface area contributed by atoms with Crippen LogP contribution in [-0.2, 0) is 14.3 Å². The number of hydrogen-bond acceptors (Lipinski definition) is 4. The maximum absolute atomic E-state index is 10.8. The molecule has 0 saturated heterocycles. The first-order chi connectivity index (χ1) is 9.50. The molecule has 7 heteroatoms. The molecule has 1 rings (SSSR count). The van der Waals surface area contributed by atoms with E-state index in [4.69, 9.17) is 14.9 Å². The molecule has 0 aromatic heterocycles. The number of carboxylic acids is 2. The van der Waals surface area contributed by atoms with Crippen molar-refractivity contribution in [3.05, 3.63) is 12.7 Å². The second-order valence-corrected chi connectivity index (χ2v) is 4.70. The average Bonchev–Trinajstić information content (AvgIpc) is 2.76. The van der Waals surface area contributed by atoms with Gasteiger partial charge < -0.3 is 14.9 Å². The normalized spacial score (nSPS) is 21.5. The van der Waals surface area contributed by atoms with Crippen molar-refractivity contribution < 1.29 is 29.0 Å². The summed E-state index contributed by atoms with van der Waals surface area (Å²) in [5, 5.41) is 17.4. The number of carbonyl (C=O) groups is 2. The molecule has 1 aliphatic heterocycles. The van der Waals surface area contributed by atoms with Crippen LogP contribution < -0.4 is 0 Å². The van der Waals surface area contributed by atoms with Gasteiger partial charge in [-0.15, -0.1) is 6.58 Å². The minimum Gasteiger partial charge on any atom is -0.481 e. The minimum atomic E-state index is -1.01. The largest absolute Gasteiger partial charge is 0.481 e. The second kappa shape index (κ2) is 7.76. The zero-order chi connectivity index (χ0) is 15.0. The fraction of sp³-hybridized carbons (Fsp3) is 0.615. The fourth-order valence-electron chi connectivity index (χ4n) is 2.34. The maximum Gasteiger partial charge on any atom is 0.329 e. The van der Waals surface area contributed by atoms with E-state index in [2.05, 4.69) is 11.6 Å². The summed E-state index contributed by atoms with van der Waals surface area (Å²) in [5.41, 5.74) is 0. The number of hydrogen-bond donors (Lipinski definition) is 2. The lowest BCUT2D eigenvalue weighted by Gasteiger charge is -2.34. The predicted molar refractivity (Wildman–Crippen MR) is 72.7 cm³/mol. The van der Waals surface area contributed by atoms with Crippen LogP contribution in [0.3, 0.4) is 0 Å². The van der Waals surface area contributed by atoms with Gasteiger partial charge in [0.25, 0.3) is 0 Å². The lowest BCUT2D eigenvalue weighted by atomic mass is 10.2. The molecule has 1 aliphatic rings. The number of quaternary nitrogens is 1. The van der Waals surface area contributed by atoms with Crippen molar-refractivity contribution >= 4 is 17.8 Å². The van der Waals surface area contributed by atoms with Crippen LogP contribution in [0.15, 0.2) is 17.6 Å². The van der Waals surface area contributed by atoms with E-state index in [1.54, 1.807) is 6.08 Å². The molecule has 0 saturated carbocycles. The highest BCUT2D eigenvalue weighted by molar-refractivity contribution is 5.78. The van der Waals surface area contributed by atoms with Gasteiger partial charge in [-0.3, -0.25) is 9.28 Å².